The average Bonchev–Trinajstić information content (AvgIpc) is 3.51. The number of nitrogens with one attached hydrogen (secondary N) is 2. The first-order chi connectivity index (χ1) is 20.3. The van der Waals surface area contributed by atoms with Crippen LogP contribution in [0.15, 0.2) is 35.5 Å². The largest absolute Gasteiger partial charge is 0.480 e. The molecule has 1 saturated carbocycles. The molecule has 3 aliphatic rings. The van der Waals surface area contributed by atoms with Gasteiger partial charge in [-0.25, -0.2) is 4.39 Å². The van der Waals surface area contributed by atoms with Crippen molar-refractivity contribution in [2.75, 3.05) is 29.1 Å². The highest BCUT2D eigenvalue weighted by Crippen LogP contribution is 2.48. The maximum Gasteiger partial charge on any atom is 0.418 e. The van der Waals surface area contributed by atoms with Crippen LogP contribution in [-0.4, -0.2) is 74.9 Å². The van der Waals surface area contributed by atoms with Crippen LogP contribution >= 0.6 is 24.0 Å². The Hall–Kier alpha value is -4.12. The summed E-state index contributed by atoms with van der Waals surface area (Å²) in [4.78, 5) is 59.0. The smallest absolute Gasteiger partial charge is 0.418 e. The first-order valence-electron chi connectivity index (χ1n) is 12.8. The van der Waals surface area contributed by atoms with E-state index in [1.807, 2.05) is 0 Å². The van der Waals surface area contributed by atoms with Gasteiger partial charge in [0.05, 0.1) is 23.0 Å². The number of aromatic nitrogens is 1. The molecule has 226 valence electrons. The van der Waals surface area contributed by atoms with E-state index < -0.39 is 65.1 Å². The van der Waals surface area contributed by atoms with Gasteiger partial charge < -0.3 is 20.6 Å². The van der Waals surface area contributed by atoms with E-state index in [2.05, 4.69) is 20.6 Å². The third-order valence-electron chi connectivity index (χ3n) is 7.28. The molecule has 5 rings (SSSR count). The third-order valence-corrected chi connectivity index (χ3v) is 8.70. The maximum atomic E-state index is 14.9. The summed E-state index contributed by atoms with van der Waals surface area (Å²) in [6.07, 6.45) is -2.64. The molecule has 1 spiro atoms. The van der Waals surface area contributed by atoms with E-state index in [1.165, 1.54) is 24.1 Å². The molecule has 0 bridgehead atoms. The number of carbonyl (C=O) groups is 4. The highest BCUT2D eigenvalue weighted by molar-refractivity contribution is 8.14. The zero-order valence-electron chi connectivity index (χ0n) is 22.2. The number of anilines is 2. The van der Waals surface area contributed by atoms with Gasteiger partial charge in [-0.15, -0.1) is 11.8 Å². The molecule has 3 heterocycles. The summed E-state index contributed by atoms with van der Waals surface area (Å²) in [5, 5.41) is 12.8. The molecule has 1 atom stereocenters. The number of benzene rings is 1. The van der Waals surface area contributed by atoms with Crippen molar-refractivity contribution in [3.63, 3.8) is 0 Å². The molecule has 2 aromatic rings. The molecule has 2 fully saturated rings. The lowest BCUT2D eigenvalue weighted by Crippen LogP contribution is -2.55. The number of thioether (sulfide) groups is 1. The van der Waals surface area contributed by atoms with Crippen molar-refractivity contribution in [2.45, 2.75) is 37.0 Å². The number of hydrogen-bond acceptors (Lipinski definition) is 8. The molecular weight excluding hydrogens is 616 g/mol. The molecule has 1 aromatic carbocycles. The molecular formula is C26H22F4N6O5S2. The lowest BCUT2D eigenvalue weighted by Gasteiger charge is -2.43. The number of halogens is 4. The van der Waals surface area contributed by atoms with Crippen LogP contribution in [0.1, 0.15) is 40.9 Å². The standard InChI is InChI=1S/C26H22F4N6O5S2/c1-31-20(39)14-4-3-12(8-16(14)27)36-24(42)35(23(41)25(36)5-2-6-25)13-7-15(26(28,29)30)19(32-9-13)22-34-17(11-43-22)21(40)33-10-18(37)38/h3-4,7-9,17H,2,5-6,10-11H2,1H3,(H,31,39)(H,33,40)(H,37,38). The van der Waals surface area contributed by atoms with Crippen molar-refractivity contribution in [3.8, 4) is 0 Å². The maximum absolute atomic E-state index is 14.9. The van der Waals surface area contributed by atoms with Gasteiger partial charge in [0.25, 0.3) is 11.8 Å². The van der Waals surface area contributed by atoms with Crippen LogP contribution in [0.2, 0.25) is 0 Å². The van der Waals surface area contributed by atoms with Crippen molar-refractivity contribution >= 4 is 69.2 Å². The van der Waals surface area contributed by atoms with Crippen LogP contribution in [0.5, 0.6) is 0 Å². The first-order valence-corrected chi connectivity index (χ1v) is 14.2. The van der Waals surface area contributed by atoms with Crippen LogP contribution < -0.4 is 20.4 Å². The molecule has 11 nitrogen and oxygen atoms in total. The van der Waals surface area contributed by atoms with Crippen molar-refractivity contribution < 1.29 is 41.8 Å². The van der Waals surface area contributed by atoms with Crippen molar-refractivity contribution in [3.05, 3.63) is 53.1 Å². The molecule has 17 heteroatoms. The summed E-state index contributed by atoms with van der Waals surface area (Å²) in [7, 11) is 1.34. The van der Waals surface area contributed by atoms with Crippen molar-refractivity contribution in [2.24, 2.45) is 4.99 Å². The van der Waals surface area contributed by atoms with Gasteiger partial charge in [-0.1, -0.05) is 0 Å². The van der Waals surface area contributed by atoms with E-state index >= 15 is 0 Å². The Morgan fingerprint density at radius 2 is 1.93 bits per heavy atom. The second kappa shape index (κ2) is 11.2. The topological polar surface area (TPSA) is 144 Å². The summed E-state index contributed by atoms with van der Waals surface area (Å²) in [5.41, 5.74) is -3.35. The van der Waals surface area contributed by atoms with Crippen LogP contribution in [-0.2, 0) is 20.6 Å². The van der Waals surface area contributed by atoms with Gasteiger partial charge in [-0.3, -0.25) is 34.1 Å². The van der Waals surface area contributed by atoms with Gasteiger partial charge in [0.15, 0.2) is 5.11 Å². The normalized spacial score (nSPS) is 19.4. The summed E-state index contributed by atoms with van der Waals surface area (Å²) in [6.45, 7) is -0.668. The Morgan fingerprint density at radius 3 is 2.51 bits per heavy atom. The molecule has 2 aliphatic heterocycles. The predicted molar refractivity (Wildman–Crippen MR) is 152 cm³/mol. The number of amides is 3. The predicted octanol–water partition coefficient (Wildman–Crippen LogP) is 2.72. The monoisotopic (exact) mass is 638 g/mol. The van der Waals surface area contributed by atoms with Crippen molar-refractivity contribution in [1.82, 2.24) is 15.6 Å². The van der Waals surface area contributed by atoms with Crippen LogP contribution in [0.25, 0.3) is 0 Å². The number of carboxylic acid groups (broad SMARTS) is 1. The van der Waals surface area contributed by atoms with E-state index in [4.69, 9.17) is 17.3 Å². The van der Waals surface area contributed by atoms with Gasteiger partial charge in [-0.05, 0) is 55.7 Å². The Morgan fingerprint density at radius 1 is 1.21 bits per heavy atom. The van der Waals surface area contributed by atoms with E-state index in [0.717, 1.165) is 35.0 Å². The number of aliphatic carboxylic acids is 1. The quantitative estimate of drug-likeness (QED) is 0.308. The van der Waals surface area contributed by atoms with E-state index in [1.54, 1.807) is 0 Å². The fourth-order valence-corrected chi connectivity index (χ4v) is 6.56. The number of nitrogens with zero attached hydrogens (tertiary/aromatic N) is 4. The Kier molecular flexibility index (Phi) is 7.89. The Bertz CT molecular complexity index is 1600. The molecule has 1 aromatic heterocycles. The molecule has 3 amide bonds. The second-order valence-corrected chi connectivity index (χ2v) is 11.2. The fourth-order valence-electron chi connectivity index (χ4n) is 5.05. The minimum Gasteiger partial charge on any atom is -0.480 e. The van der Waals surface area contributed by atoms with Gasteiger partial charge >= 0.3 is 12.1 Å². The van der Waals surface area contributed by atoms with Gasteiger partial charge in [-0.2, -0.15) is 13.2 Å². The second-order valence-electron chi connectivity index (χ2n) is 9.85. The number of thiocarbonyl (C=S) groups is 1. The number of aliphatic imine (C=N–C) groups is 1. The summed E-state index contributed by atoms with van der Waals surface area (Å²) in [5.74, 6) is -4.19. The van der Waals surface area contributed by atoms with Crippen LogP contribution in [0.4, 0.5) is 28.9 Å². The average molecular weight is 639 g/mol. The minimum atomic E-state index is -4.94. The molecule has 1 unspecified atom stereocenters. The number of alkyl halides is 3. The number of carboxylic acids is 1. The number of hydrogen-bond donors (Lipinski definition) is 3. The lowest BCUT2D eigenvalue weighted by molar-refractivity contribution is -0.138. The van der Waals surface area contributed by atoms with E-state index in [-0.39, 0.29) is 32.8 Å². The third kappa shape index (κ3) is 5.30. The summed E-state index contributed by atoms with van der Waals surface area (Å²) < 4.78 is 57.8. The van der Waals surface area contributed by atoms with Crippen LogP contribution in [0, 0.1) is 5.82 Å². The number of rotatable bonds is 7. The Balaban J connectivity index is 1.50. The fraction of sp³-hybridized carbons (Fsp3) is 0.346. The van der Waals surface area contributed by atoms with E-state index in [0.29, 0.717) is 19.3 Å². The number of carbonyl (C=O) groups excluding carboxylic acids is 3. The summed E-state index contributed by atoms with van der Waals surface area (Å²) in [6, 6.07) is 3.31. The zero-order valence-corrected chi connectivity index (χ0v) is 23.8. The van der Waals surface area contributed by atoms with Crippen LogP contribution in [0.3, 0.4) is 0 Å². The van der Waals surface area contributed by atoms with Crippen molar-refractivity contribution in [1.29, 1.82) is 0 Å². The lowest BCUT2D eigenvalue weighted by atomic mass is 9.75. The number of pyridine rings is 1. The van der Waals surface area contributed by atoms with Gasteiger partial charge in [0.2, 0.25) is 5.91 Å². The highest BCUT2D eigenvalue weighted by atomic mass is 32.2. The molecule has 0 radical (unpaired) electrons. The SMILES string of the molecule is CNC(=O)c1ccc(N2C(=S)N(c3cnc(C4=NC(C(=O)NCC(=O)O)CS4)c(C(F)(F)F)c3)C(=O)C23CCC3)cc1F. The van der Waals surface area contributed by atoms with Gasteiger partial charge in [0, 0.05) is 18.5 Å². The highest BCUT2D eigenvalue weighted by Gasteiger charge is 2.60. The molecule has 1 saturated heterocycles. The summed E-state index contributed by atoms with van der Waals surface area (Å²) >= 11 is 6.43. The van der Waals surface area contributed by atoms with Gasteiger partial charge in [0.1, 0.15) is 34.7 Å². The molecule has 3 N–H and O–H groups in total. The minimum absolute atomic E-state index is 0.0248. The molecule has 43 heavy (non-hydrogen) atoms. The Labute approximate surface area is 250 Å². The first kappa shape index (κ1) is 30.3. The van der Waals surface area contributed by atoms with E-state index in [9.17, 15) is 36.7 Å². The molecule has 1 aliphatic carbocycles. The zero-order chi connectivity index (χ0) is 31.3.